The van der Waals surface area contributed by atoms with E-state index in [9.17, 15) is 4.79 Å². The maximum Gasteiger partial charge on any atom is 0.266 e. The minimum absolute atomic E-state index is 0.123. The molecular formula is C17H23NO2. The molecule has 1 aromatic rings. The second kappa shape index (κ2) is 4.80. The molecule has 1 amide bonds. The lowest BCUT2D eigenvalue weighted by Crippen LogP contribution is -2.71. The number of carbonyl (C=O) groups is 1. The zero-order valence-corrected chi connectivity index (χ0v) is 12.5. The molecule has 2 fully saturated rings. The Bertz CT molecular complexity index is 497. The summed E-state index contributed by atoms with van der Waals surface area (Å²) in [6.45, 7) is 7.63. The lowest BCUT2D eigenvalue weighted by atomic mass is 9.73. The Hall–Kier alpha value is -1.51. The number of benzene rings is 1. The van der Waals surface area contributed by atoms with Gasteiger partial charge in [-0.25, -0.2) is 0 Å². The normalized spacial score (nSPS) is 32.0. The molecule has 2 heterocycles. The number of hydrogen-bond donors (Lipinski definition) is 0. The molecule has 0 aromatic heterocycles. The number of nitrogens with zero attached hydrogens (tertiary/aromatic N) is 1. The Morgan fingerprint density at radius 1 is 1.25 bits per heavy atom. The van der Waals surface area contributed by atoms with E-state index in [1.807, 2.05) is 35.2 Å². The first-order chi connectivity index (χ1) is 9.49. The molecule has 3 heteroatoms. The zero-order valence-electron chi connectivity index (χ0n) is 12.5. The first-order valence-electron chi connectivity index (χ1n) is 7.51. The van der Waals surface area contributed by atoms with Crippen molar-refractivity contribution in [3.8, 4) is 5.75 Å². The number of ether oxygens (including phenoxy) is 1. The van der Waals surface area contributed by atoms with Crippen molar-refractivity contribution in [2.24, 2.45) is 11.3 Å². The Morgan fingerprint density at radius 3 is 2.65 bits per heavy atom. The van der Waals surface area contributed by atoms with Crippen LogP contribution in [0.3, 0.4) is 0 Å². The monoisotopic (exact) mass is 273 g/mol. The van der Waals surface area contributed by atoms with E-state index >= 15 is 0 Å². The highest BCUT2D eigenvalue weighted by molar-refractivity contribution is 5.89. The fourth-order valence-corrected chi connectivity index (χ4v) is 3.51. The van der Waals surface area contributed by atoms with Crippen LogP contribution in [0.2, 0.25) is 0 Å². The van der Waals surface area contributed by atoms with E-state index in [2.05, 4.69) is 20.8 Å². The van der Waals surface area contributed by atoms with Crippen molar-refractivity contribution in [1.82, 2.24) is 4.90 Å². The first kappa shape index (κ1) is 13.5. The third kappa shape index (κ3) is 2.19. The van der Waals surface area contributed by atoms with Crippen molar-refractivity contribution >= 4 is 5.91 Å². The van der Waals surface area contributed by atoms with Crippen LogP contribution in [-0.4, -0.2) is 29.5 Å². The fourth-order valence-electron chi connectivity index (χ4n) is 3.51. The third-order valence-corrected chi connectivity index (χ3v) is 4.75. The van der Waals surface area contributed by atoms with Gasteiger partial charge in [-0.2, -0.15) is 0 Å². The summed E-state index contributed by atoms with van der Waals surface area (Å²) in [5, 5.41) is 0. The van der Waals surface area contributed by atoms with Crippen molar-refractivity contribution in [3.63, 3.8) is 0 Å². The number of amides is 1. The Labute approximate surface area is 120 Å². The summed E-state index contributed by atoms with van der Waals surface area (Å²) >= 11 is 0. The summed E-state index contributed by atoms with van der Waals surface area (Å²) in [6, 6.07) is 9.89. The number of rotatable bonds is 2. The van der Waals surface area contributed by atoms with E-state index in [4.69, 9.17) is 4.74 Å². The van der Waals surface area contributed by atoms with Crippen LogP contribution in [-0.2, 0) is 4.79 Å². The highest BCUT2D eigenvalue weighted by Gasteiger charge is 2.57. The Kier molecular flexibility index (Phi) is 3.23. The summed E-state index contributed by atoms with van der Waals surface area (Å²) in [5.74, 6) is 1.53. The van der Waals surface area contributed by atoms with Crippen LogP contribution in [0.5, 0.6) is 5.75 Å². The van der Waals surface area contributed by atoms with Gasteiger partial charge in [-0.05, 0) is 36.3 Å². The van der Waals surface area contributed by atoms with Gasteiger partial charge in [0.2, 0.25) is 0 Å². The average Bonchev–Trinajstić information content (AvgIpc) is 2.53. The predicted octanol–water partition coefficient (Wildman–Crippen LogP) is 3.10. The molecule has 20 heavy (non-hydrogen) atoms. The van der Waals surface area contributed by atoms with Crippen LogP contribution in [0.15, 0.2) is 30.3 Å². The van der Waals surface area contributed by atoms with Crippen molar-refractivity contribution in [2.75, 3.05) is 6.54 Å². The van der Waals surface area contributed by atoms with Crippen molar-refractivity contribution in [3.05, 3.63) is 30.3 Å². The van der Waals surface area contributed by atoms with E-state index in [0.29, 0.717) is 5.92 Å². The Morgan fingerprint density at radius 2 is 1.95 bits per heavy atom. The number of hydrogen-bond acceptors (Lipinski definition) is 2. The summed E-state index contributed by atoms with van der Waals surface area (Å²) in [5.41, 5.74) is 0.123. The molecule has 0 bridgehead atoms. The number of fused-ring (bicyclic) bond motifs is 1. The highest BCUT2D eigenvalue weighted by Crippen LogP contribution is 2.44. The molecule has 0 saturated carbocycles. The van der Waals surface area contributed by atoms with E-state index in [0.717, 1.165) is 18.7 Å². The lowest BCUT2D eigenvalue weighted by molar-refractivity contribution is -0.172. The molecule has 108 valence electrons. The van der Waals surface area contributed by atoms with Crippen LogP contribution >= 0.6 is 0 Å². The molecule has 3 atom stereocenters. The molecule has 3 nitrogen and oxygen atoms in total. The van der Waals surface area contributed by atoms with Gasteiger partial charge in [-0.1, -0.05) is 39.0 Å². The smallest absolute Gasteiger partial charge is 0.266 e. The summed E-state index contributed by atoms with van der Waals surface area (Å²) in [7, 11) is 0. The number of para-hydroxylation sites is 1. The van der Waals surface area contributed by atoms with Crippen molar-refractivity contribution < 1.29 is 9.53 Å². The molecule has 0 aliphatic carbocycles. The summed E-state index contributed by atoms with van der Waals surface area (Å²) in [6.07, 6.45) is 2.03. The maximum atomic E-state index is 12.4. The summed E-state index contributed by atoms with van der Waals surface area (Å²) < 4.78 is 5.97. The maximum absolute atomic E-state index is 12.4. The molecule has 2 aliphatic heterocycles. The molecule has 2 saturated heterocycles. The molecule has 0 spiro atoms. The number of carbonyl (C=O) groups excluding carboxylic acids is 1. The molecule has 0 unspecified atom stereocenters. The van der Waals surface area contributed by atoms with Gasteiger partial charge >= 0.3 is 0 Å². The zero-order chi connectivity index (χ0) is 14.3. The molecule has 0 N–H and O–H groups in total. The SMILES string of the molecule is C[C@@H]1CCC(C)(C)[C@@H]2[C@H](Oc3ccccc3)C(=O)N2C1. The predicted molar refractivity (Wildman–Crippen MR) is 78.5 cm³/mol. The van der Waals surface area contributed by atoms with E-state index in [1.165, 1.54) is 6.42 Å². The molecule has 1 aromatic carbocycles. The van der Waals surface area contributed by atoms with Crippen molar-refractivity contribution in [2.45, 2.75) is 45.8 Å². The molecule has 3 rings (SSSR count). The largest absolute Gasteiger partial charge is 0.478 e. The van der Waals surface area contributed by atoms with Crippen LogP contribution in [0.25, 0.3) is 0 Å². The van der Waals surface area contributed by atoms with Crippen molar-refractivity contribution in [1.29, 1.82) is 0 Å². The van der Waals surface area contributed by atoms with Gasteiger partial charge in [0.05, 0.1) is 6.04 Å². The second-order valence-corrected chi connectivity index (χ2v) is 6.92. The minimum Gasteiger partial charge on any atom is -0.478 e. The van der Waals surface area contributed by atoms with Gasteiger partial charge in [0.15, 0.2) is 6.10 Å². The van der Waals surface area contributed by atoms with Gasteiger partial charge < -0.3 is 9.64 Å². The van der Waals surface area contributed by atoms with Crippen LogP contribution in [0.1, 0.15) is 33.6 Å². The highest BCUT2D eigenvalue weighted by atomic mass is 16.5. The van der Waals surface area contributed by atoms with E-state index < -0.39 is 0 Å². The quantitative estimate of drug-likeness (QED) is 0.775. The van der Waals surface area contributed by atoms with Gasteiger partial charge in [0, 0.05) is 6.54 Å². The summed E-state index contributed by atoms with van der Waals surface area (Å²) in [4.78, 5) is 14.4. The number of β-lactam (4-membered cyclic amide) rings is 1. The Balaban J connectivity index is 1.81. The molecule has 0 radical (unpaired) electrons. The molecular weight excluding hydrogens is 250 g/mol. The average molecular weight is 273 g/mol. The topological polar surface area (TPSA) is 29.5 Å². The van der Waals surface area contributed by atoms with E-state index in [1.54, 1.807) is 0 Å². The van der Waals surface area contributed by atoms with Crippen LogP contribution in [0, 0.1) is 11.3 Å². The molecule has 2 aliphatic rings. The first-order valence-corrected chi connectivity index (χ1v) is 7.51. The third-order valence-electron chi connectivity index (χ3n) is 4.75. The van der Waals surface area contributed by atoms with E-state index in [-0.39, 0.29) is 23.5 Å². The van der Waals surface area contributed by atoms with Gasteiger partial charge in [-0.3, -0.25) is 4.79 Å². The van der Waals surface area contributed by atoms with Gasteiger partial charge in [-0.15, -0.1) is 0 Å². The fraction of sp³-hybridized carbons (Fsp3) is 0.588. The van der Waals surface area contributed by atoms with Gasteiger partial charge in [0.1, 0.15) is 5.75 Å². The standard InChI is InChI=1S/C17H23NO2/c1-12-9-10-17(2,3)15-14(16(19)18(15)11-12)20-13-7-5-4-6-8-13/h4-8,12,14-15H,9-11H2,1-3H3/t12-,14+,15+/m1/s1. The van der Waals surface area contributed by atoms with Crippen LogP contribution in [0.4, 0.5) is 0 Å². The van der Waals surface area contributed by atoms with Crippen LogP contribution < -0.4 is 4.74 Å². The minimum atomic E-state index is -0.308. The van der Waals surface area contributed by atoms with Gasteiger partial charge in [0.25, 0.3) is 5.91 Å². The lowest BCUT2D eigenvalue weighted by Gasteiger charge is -2.52. The second-order valence-electron chi connectivity index (χ2n) is 6.92.